The van der Waals surface area contributed by atoms with E-state index >= 15 is 0 Å². The van der Waals surface area contributed by atoms with Crippen LogP contribution in [0.25, 0.3) is 0 Å². The predicted octanol–water partition coefficient (Wildman–Crippen LogP) is 4.49. The third-order valence-electron chi connectivity index (χ3n) is 4.66. The fourth-order valence-electron chi connectivity index (χ4n) is 2.47. The molecule has 0 saturated heterocycles. The Kier molecular flexibility index (Phi) is 6.64. The van der Waals surface area contributed by atoms with E-state index in [-0.39, 0.29) is 6.04 Å². The molecule has 0 radical (unpaired) electrons. The highest BCUT2D eigenvalue weighted by atomic mass is 16.6. The van der Waals surface area contributed by atoms with Crippen LogP contribution in [-0.2, 0) is 9.53 Å². The molecule has 3 atom stereocenters. The van der Waals surface area contributed by atoms with Gasteiger partial charge in [-0.3, -0.25) is 0 Å². The smallest absolute Gasteiger partial charge is 0.333 e. The number of ether oxygens (including phenoxy) is 1. The quantitative estimate of drug-likeness (QED) is 0.473. The van der Waals surface area contributed by atoms with Crippen LogP contribution >= 0.6 is 0 Å². The van der Waals surface area contributed by atoms with Gasteiger partial charge in [-0.15, -0.1) is 0 Å². The van der Waals surface area contributed by atoms with Crippen LogP contribution in [0.15, 0.2) is 66.7 Å². The van der Waals surface area contributed by atoms with Crippen molar-refractivity contribution in [3.05, 3.63) is 66.7 Å². The molecule has 0 bridgehead atoms. The number of nitrogens with one attached hydrogen (secondary N) is 2. The van der Waals surface area contributed by atoms with Gasteiger partial charge in [0.1, 0.15) is 11.7 Å². The molecule has 0 aliphatic heterocycles. The molecule has 5 nitrogen and oxygen atoms in total. The first kappa shape index (κ1) is 20.5. The summed E-state index contributed by atoms with van der Waals surface area (Å²) in [6, 6.07) is 17.4. The minimum atomic E-state index is -1.26. The first-order valence-electron chi connectivity index (χ1n) is 8.97. The molecule has 5 heteroatoms. The number of hydrogen-bond acceptors (Lipinski definition) is 5. The highest BCUT2D eigenvalue weighted by molar-refractivity contribution is 5.87. The van der Waals surface area contributed by atoms with Crippen molar-refractivity contribution in [1.82, 2.24) is 0 Å². The van der Waals surface area contributed by atoms with Crippen molar-refractivity contribution >= 4 is 23.0 Å². The Bertz CT molecular complexity index is 770. The van der Waals surface area contributed by atoms with Gasteiger partial charge in [0.2, 0.25) is 0 Å². The lowest BCUT2D eigenvalue weighted by molar-refractivity contribution is -0.157. The number of para-hydroxylation sites is 1. The number of hydrogen-bond donors (Lipinski definition) is 3. The Morgan fingerprint density at radius 1 is 1.04 bits per heavy atom. The molecule has 27 heavy (non-hydrogen) atoms. The number of rotatable bonds is 8. The second-order valence-corrected chi connectivity index (χ2v) is 6.99. The van der Waals surface area contributed by atoms with Gasteiger partial charge < -0.3 is 20.5 Å². The molecule has 3 unspecified atom stereocenters. The van der Waals surface area contributed by atoms with Crippen molar-refractivity contribution in [2.24, 2.45) is 0 Å². The van der Waals surface area contributed by atoms with E-state index in [0.29, 0.717) is 5.57 Å². The second-order valence-electron chi connectivity index (χ2n) is 6.99. The van der Waals surface area contributed by atoms with Gasteiger partial charge in [0.25, 0.3) is 0 Å². The zero-order chi connectivity index (χ0) is 20.0. The van der Waals surface area contributed by atoms with Gasteiger partial charge in [-0.05, 0) is 64.1 Å². The zero-order valence-corrected chi connectivity index (χ0v) is 16.3. The summed E-state index contributed by atoms with van der Waals surface area (Å²) in [6.07, 6.45) is -0.691. The van der Waals surface area contributed by atoms with Crippen LogP contribution in [0, 0.1) is 0 Å². The average Bonchev–Trinajstić information content (AvgIpc) is 2.63. The highest BCUT2D eigenvalue weighted by Crippen LogP contribution is 2.24. The fourth-order valence-corrected chi connectivity index (χ4v) is 2.47. The van der Waals surface area contributed by atoms with E-state index in [4.69, 9.17) is 4.74 Å². The SMILES string of the molecule is C=C(C)C(=O)OC(C)C(C)(O)C(C)Nc1ccc(Nc2ccccc2)cc1. The monoisotopic (exact) mass is 368 g/mol. The van der Waals surface area contributed by atoms with Crippen LogP contribution in [-0.4, -0.2) is 28.8 Å². The Balaban J connectivity index is 1.98. The fraction of sp³-hybridized carbons (Fsp3) is 0.318. The van der Waals surface area contributed by atoms with Gasteiger partial charge in [-0.1, -0.05) is 24.8 Å². The van der Waals surface area contributed by atoms with Gasteiger partial charge in [-0.2, -0.15) is 0 Å². The Morgan fingerprint density at radius 3 is 2.11 bits per heavy atom. The minimum absolute atomic E-state index is 0.305. The molecule has 3 N–H and O–H groups in total. The molecule has 0 heterocycles. The number of aliphatic hydroxyl groups is 1. The van der Waals surface area contributed by atoms with Gasteiger partial charge >= 0.3 is 5.97 Å². The normalized spacial score (nSPS) is 15.1. The van der Waals surface area contributed by atoms with Crippen molar-refractivity contribution < 1.29 is 14.6 Å². The predicted molar refractivity (Wildman–Crippen MR) is 110 cm³/mol. The van der Waals surface area contributed by atoms with Crippen LogP contribution in [0.3, 0.4) is 0 Å². The lowest BCUT2D eigenvalue weighted by Gasteiger charge is -2.36. The maximum absolute atomic E-state index is 11.7. The minimum Gasteiger partial charge on any atom is -0.456 e. The Labute approximate surface area is 161 Å². The van der Waals surface area contributed by atoms with Crippen LogP contribution in [0.2, 0.25) is 0 Å². The number of benzene rings is 2. The summed E-state index contributed by atoms with van der Waals surface area (Å²) >= 11 is 0. The van der Waals surface area contributed by atoms with Crippen LogP contribution in [0.5, 0.6) is 0 Å². The summed E-state index contributed by atoms with van der Waals surface area (Å²) in [6.45, 7) is 10.3. The van der Waals surface area contributed by atoms with Gasteiger partial charge in [0.15, 0.2) is 0 Å². The number of carbonyl (C=O) groups is 1. The lowest BCUT2D eigenvalue weighted by Crippen LogP contribution is -2.52. The maximum Gasteiger partial charge on any atom is 0.333 e. The van der Waals surface area contributed by atoms with Crippen molar-refractivity contribution in [3.63, 3.8) is 0 Å². The second kappa shape index (κ2) is 8.73. The van der Waals surface area contributed by atoms with Crippen LogP contribution in [0.4, 0.5) is 17.1 Å². The Morgan fingerprint density at radius 2 is 1.56 bits per heavy atom. The summed E-state index contributed by atoms with van der Waals surface area (Å²) in [7, 11) is 0. The molecule has 0 aliphatic rings. The average molecular weight is 368 g/mol. The molecule has 2 aromatic carbocycles. The largest absolute Gasteiger partial charge is 0.456 e. The van der Waals surface area contributed by atoms with Crippen molar-refractivity contribution in [1.29, 1.82) is 0 Å². The molecule has 0 fully saturated rings. The first-order valence-corrected chi connectivity index (χ1v) is 8.97. The zero-order valence-electron chi connectivity index (χ0n) is 16.3. The number of carbonyl (C=O) groups excluding carboxylic acids is 1. The number of esters is 1. The summed E-state index contributed by atoms with van der Waals surface area (Å²) in [5.41, 5.74) is 1.89. The van der Waals surface area contributed by atoms with Crippen LogP contribution in [0.1, 0.15) is 27.7 Å². The molecule has 0 amide bonds. The summed E-state index contributed by atoms with van der Waals surface area (Å²) in [5, 5.41) is 17.4. The van der Waals surface area contributed by atoms with Crippen molar-refractivity contribution in [2.75, 3.05) is 10.6 Å². The summed E-state index contributed by atoms with van der Waals surface area (Å²) in [5.74, 6) is -0.508. The van der Waals surface area contributed by atoms with Crippen molar-refractivity contribution in [3.8, 4) is 0 Å². The third-order valence-corrected chi connectivity index (χ3v) is 4.66. The van der Waals surface area contributed by atoms with E-state index in [0.717, 1.165) is 17.1 Å². The molecule has 0 saturated carbocycles. The van der Waals surface area contributed by atoms with E-state index in [1.165, 1.54) is 0 Å². The highest BCUT2D eigenvalue weighted by Gasteiger charge is 2.37. The molecule has 2 rings (SSSR count). The lowest BCUT2D eigenvalue weighted by atomic mass is 9.91. The van der Waals surface area contributed by atoms with E-state index in [1.54, 1.807) is 20.8 Å². The molecular formula is C22H28N2O3. The van der Waals surface area contributed by atoms with Crippen LogP contribution < -0.4 is 10.6 Å². The van der Waals surface area contributed by atoms with E-state index in [1.807, 2.05) is 61.5 Å². The van der Waals surface area contributed by atoms with Gasteiger partial charge in [0.05, 0.1) is 6.04 Å². The topological polar surface area (TPSA) is 70.6 Å². The molecule has 0 aromatic heterocycles. The molecular weight excluding hydrogens is 340 g/mol. The van der Waals surface area contributed by atoms with Gasteiger partial charge in [-0.25, -0.2) is 4.79 Å². The van der Waals surface area contributed by atoms with E-state index in [9.17, 15) is 9.90 Å². The van der Waals surface area contributed by atoms with Crippen molar-refractivity contribution in [2.45, 2.75) is 45.4 Å². The summed E-state index contributed by atoms with van der Waals surface area (Å²) in [4.78, 5) is 11.7. The molecule has 0 aliphatic carbocycles. The molecule has 144 valence electrons. The molecule has 0 spiro atoms. The third kappa shape index (κ3) is 5.59. The van der Waals surface area contributed by atoms with Gasteiger partial charge in [0, 0.05) is 22.6 Å². The van der Waals surface area contributed by atoms with E-state index in [2.05, 4.69) is 17.2 Å². The summed E-state index contributed by atoms with van der Waals surface area (Å²) < 4.78 is 5.28. The maximum atomic E-state index is 11.7. The number of anilines is 3. The Hall–Kier alpha value is -2.79. The molecule has 2 aromatic rings. The first-order chi connectivity index (χ1) is 12.7. The standard InChI is InChI=1S/C22H28N2O3/c1-15(2)21(25)27-17(4)22(5,26)16(3)23-19-11-13-20(14-12-19)24-18-9-7-6-8-10-18/h6-14,16-17,23-24,26H,1H2,2-5H3. The van der Waals surface area contributed by atoms with E-state index < -0.39 is 17.7 Å².